The molecule has 0 amide bonds. The first-order valence-electron chi connectivity index (χ1n) is 5.17. The molecule has 1 aliphatic carbocycles. The average molecular weight is 211 g/mol. The van der Waals surface area contributed by atoms with E-state index in [4.69, 9.17) is 5.73 Å². The van der Waals surface area contributed by atoms with Crippen molar-refractivity contribution >= 4 is 16.5 Å². The molecule has 1 aliphatic rings. The molecule has 1 heterocycles. The molecule has 1 fully saturated rings. The second-order valence-corrected chi connectivity index (χ2v) is 4.81. The minimum Gasteiger partial charge on any atom is -0.347 e. The summed E-state index contributed by atoms with van der Waals surface area (Å²) in [7, 11) is 2.11. The van der Waals surface area contributed by atoms with E-state index < -0.39 is 0 Å². The number of nitrogens with two attached hydrogens (primary N) is 1. The quantitative estimate of drug-likeness (QED) is 0.811. The largest absolute Gasteiger partial charge is 0.347 e. The molecular weight excluding hydrogens is 194 g/mol. The van der Waals surface area contributed by atoms with Crippen LogP contribution in [0, 0.1) is 0 Å². The van der Waals surface area contributed by atoms with E-state index >= 15 is 0 Å². The third-order valence-electron chi connectivity index (χ3n) is 3.00. The van der Waals surface area contributed by atoms with Gasteiger partial charge < -0.3 is 10.6 Å². The summed E-state index contributed by atoms with van der Waals surface area (Å²) in [6.45, 7) is 0. The van der Waals surface area contributed by atoms with Gasteiger partial charge in [0.05, 0.1) is 0 Å². The number of thiazole rings is 1. The highest BCUT2D eigenvalue weighted by Crippen LogP contribution is 2.26. The first-order chi connectivity index (χ1) is 6.79. The lowest BCUT2D eigenvalue weighted by atomic mass is 9.90. The number of rotatable bonds is 2. The number of anilines is 1. The Labute approximate surface area is 88.9 Å². The molecule has 2 unspecified atom stereocenters. The van der Waals surface area contributed by atoms with Gasteiger partial charge in [-0.2, -0.15) is 0 Å². The van der Waals surface area contributed by atoms with Crippen molar-refractivity contribution in [1.82, 2.24) is 4.98 Å². The van der Waals surface area contributed by atoms with Gasteiger partial charge in [0.15, 0.2) is 5.13 Å². The highest BCUT2D eigenvalue weighted by molar-refractivity contribution is 7.13. The number of hydrogen-bond donors (Lipinski definition) is 1. The molecule has 2 N–H and O–H groups in total. The molecule has 2 atom stereocenters. The summed E-state index contributed by atoms with van der Waals surface area (Å²) in [6.07, 6.45) is 6.79. The van der Waals surface area contributed by atoms with E-state index in [9.17, 15) is 0 Å². The standard InChI is InChI=1S/C10H17N3S/c1-13(10-12-6-7-14-10)9-5-3-2-4-8(9)11/h6-9H,2-5,11H2,1H3. The zero-order valence-electron chi connectivity index (χ0n) is 8.52. The maximum Gasteiger partial charge on any atom is 0.185 e. The molecule has 0 saturated heterocycles. The average Bonchev–Trinajstić information content (AvgIpc) is 2.70. The second-order valence-electron chi connectivity index (χ2n) is 3.94. The van der Waals surface area contributed by atoms with Crippen LogP contribution >= 0.6 is 11.3 Å². The van der Waals surface area contributed by atoms with Gasteiger partial charge in [-0.15, -0.1) is 11.3 Å². The molecule has 0 spiro atoms. The number of likely N-dealkylation sites (N-methyl/N-ethyl adjacent to an activating group) is 1. The number of hydrogen-bond acceptors (Lipinski definition) is 4. The molecule has 0 aromatic carbocycles. The molecule has 1 aromatic rings. The summed E-state index contributed by atoms with van der Waals surface area (Å²) in [5, 5.41) is 3.10. The Balaban J connectivity index is 2.06. The van der Waals surface area contributed by atoms with E-state index in [1.54, 1.807) is 11.3 Å². The van der Waals surface area contributed by atoms with Crippen molar-refractivity contribution < 1.29 is 0 Å². The van der Waals surface area contributed by atoms with Gasteiger partial charge in [-0.1, -0.05) is 12.8 Å². The first-order valence-corrected chi connectivity index (χ1v) is 6.05. The highest BCUT2D eigenvalue weighted by atomic mass is 32.1. The molecule has 1 aromatic heterocycles. The van der Waals surface area contributed by atoms with Crippen molar-refractivity contribution in [2.24, 2.45) is 5.73 Å². The third kappa shape index (κ3) is 1.91. The Morgan fingerprint density at radius 3 is 2.93 bits per heavy atom. The van der Waals surface area contributed by atoms with Gasteiger partial charge in [0.2, 0.25) is 0 Å². The van der Waals surface area contributed by atoms with Crippen LogP contribution in [0.3, 0.4) is 0 Å². The normalized spacial score (nSPS) is 27.6. The van der Waals surface area contributed by atoms with Gasteiger partial charge in [0, 0.05) is 30.7 Å². The maximum absolute atomic E-state index is 6.12. The molecule has 14 heavy (non-hydrogen) atoms. The van der Waals surface area contributed by atoms with Crippen LogP contribution in [0.4, 0.5) is 5.13 Å². The molecular formula is C10H17N3S. The number of nitrogens with zero attached hydrogens (tertiary/aromatic N) is 2. The van der Waals surface area contributed by atoms with Crippen LogP contribution in [-0.4, -0.2) is 24.1 Å². The number of aromatic nitrogens is 1. The third-order valence-corrected chi connectivity index (χ3v) is 3.86. The molecule has 2 rings (SSSR count). The van der Waals surface area contributed by atoms with Crippen molar-refractivity contribution in [3.63, 3.8) is 0 Å². The van der Waals surface area contributed by atoms with E-state index in [0.29, 0.717) is 12.1 Å². The topological polar surface area (TPSA) is 42.2 Å². The van der Waals surface area contributed by atoms with Crippen molar-refractivity contribution in [1.29, 1.82) is 0 Å². The van der Waals surface area contributed by atoms with Crippen LogP contribution in [0.1, 0.15) is 25.7 Å². The summed E-state index contributed by atoms with van der Waals surface area (Å²) in [5.74, 6) is 0. The van der Waals surface area contributed by atoms with Crippen LogP contribution in [0.5, 0.6) is 0 Å². The summed E-state index contributed by atoms with van der Waals surface area (Å²) in [5.41, 5.74) is 6.12. The van der Waals surface area contributed by atoms with E-state index in [1.807, 2.05) is 11.6 Å². The SMILES string of the molecule is CN(c1nccs1)C1CCCCC1N. The van der Waals surface area contributed by atoms with Gasteiger partial charge >= 0.3 is 0 Å². The van der Waals surface area contributed by atoms with Crippen molar-refractivity contribution in [2.45, 2.75) is 37.8 Å². The maximum atomic E-state index is 6.12. The molecule has 3 nitrogen and oxygen atoms in total. The first kappa shape index (κ1) is 9.93. The minimum absolute atomic E-state index is 0.317. The lowest BCUT2D eigenvalue weighted by Gasteiger charge is -2.35. The molecule has 78 valence electrons. The predicted octanol–water partition coefficient (Wildman–Crippen LogP) is 1.85. The van der Waals surface area contributed by atoms with Crippen LogP contribution in [-0.2, 0) is 0 Å². The molecule has 1 saturated carbocycles. The van der Waals surface area contributed by atoms with Gasteiger partial charge in [0.25, 0.3) is 0 Å². The monoisotopic (exact) mass is 211 g/mol. The smallest absolute Gasteiger partial charge is 0.185 e. The van der Waals surface area contributed by atoms with E-state index in [1.165, 1.54) is 19.3 Å². The Kier molecular flexibility index (Phi) is 3.03. The molecule has 0 bridgehead atoms. The summed E-state index contributed by atoms with van der Waals surface area (Å²) in [4.78, 5) is 6.56. The van der Waals surface area contributed by atoms with Gasteiger partial charge in [0.1, 0.15) is 0 Å². The molecule has 4 heteroatoms. The summed E-state index contributed by atoms with van der Waals surface area (Å²) < 4.78 is 0. The predicted molar refractivity (Wildman–Crippen MR) is 60.7 cm³/mol. The van der Waals surface area contributed by atoms with Gasteiger partial charge in [-0.05, 0) is 12.8 Å². The van der Waals surface area contributed by atoms with E-state index in [2.05, 4.69) is 16.9 Å². The Hall–Kier alpha value is -0.610. The highest BCUT2D eigenvalue weighted by Gasteiger charge is 2.26. The van der Waals surface area contributed by atoms with Crippen molar-refractivity contribution in [2.75, 3.05) is 11.9 Å². The molecule has 0 radical (unpaired) electrons. The summed E-state index contributed by atoms with van der Waals surface area (Å²) >= 11 is 1.69. The Morgan fingerprint density at radius 1 is 1.50 bits per heavy atom. The lowest BCUT2D eigenvalue weighted by molar-refractivity contribution is 0.373. The van der Waals surface area contributed by atoms with Crippen molar-refractivity contribution in [3.05, 3.63) is 11.6 Å². The van der Waals surface area contributed by atoms with Gasteiger partial charge in [-0.3, -0.25) is 0 Å². The van der Waals surface area contributed by atoms with Crippen LogP contribution in [0.2, 0.25) is 0 Å². The Bertz CT molecular complexity index is 273. The van der Waals surface area contributed by atoms with E-state index in [-0.39, 0.29) is 0 Å². The fourth-order valence-electron chi connectivity index (χ4n) is 2.15. The van der Waals surface area contributed by atoms with E-state index in [0.717, 1.165) is 11.6 Å². The second kappa shape index (κ2) is 4.28. The fraction of sp³-hybridized carbons (Fsp3) is 0.700. The zero-order valence-corrected chi connectivity index (χ0v) is 9.33. The Morgan fingerprint density at radius 2 is 2.29 bits per heavy atom. The summed E-state index contributed by atoms with van der Waals surface area (Å²) in [6, 6.07) is 0.799. The fourth-order valence-corrected chi connectivity index (χ4v) is 2.82. The minimum atomic E-state index is 0.317. The zero-order chi connectivity index (χ0) is 9.97. The van der Waals surface area contributed by atoms with Crippen LogP contribution < -0.4 is 10.6 Å². The van der Waals surface area contributed by atoms with Crippen LogP contribution in [0.15, 0.2) is 11.6 Å². The molecule has 0 aliphatic heterocycles. The van der Waals surface area contributed by atoms with Crippen molar-refractivity contribution in [3.8, 4) is 0 Å². The van der Waals surface area contributed by atoms with Gasteiger partial charge in [-0.25, -0.2) is 4.98 Å². The lowest BCUT2D eigenvalue weighted by Crippen LogP contribution is -2.48. The van der Waals surface area contributed by atoms with Crippen LogP contribution in [0.25, 0.3) is 0 Å².